The van der Waals surface area contributed by atoms with Gasteiger partial charge >= 0.3 is 0 Å². The fraction of sp³-hybridized carbons (Fsp3) is 0.625. The molecule has 0 aliphatic carbocycles. The molecule has 5 nitrogen and oxygen atoms in total. The van der Waals surface area contributed by atoms with Crippen LogP contribution in [0.2, 0.25) is 0 Å². The van der Waals surface area contributed by atoms with Crippen LogP contribution in [0.4, 0.5) is 0 Å². The van der Waals surface area contributed by atoms with E-state index < -0.39 is 0 Å². The van der Waals surface area contributed by atoms with Gasteiger partial charge < -0.3 is 9.64 Å². The second kappa shape index (κ2) is 7.00. The van der Waals surface area contributed by atoms with Crippen LogP contribution in [0.1, 0.15) is 30.5 Å². The number of amides is 1. The Morgan fingerprint density at radius 1 is 1.48 bits per heavy atom. The van der Waals surface area contributed by atoms with E-state index in [1.165, 1.54) is 5.56 Å². The minimum Gasteiger partial charge on any atom is -0.380 e. The second-order valence-electron chi connectivity index (χ2n) is 5.94. The SMILES string of the molecule is COCc1cncc2c1CCN(C(=O)CN(C)C(C)C)C2. The number of carbonyl (C=O) groups is 1. The second-order valence-corrected chi connectivity index (χ2v) is 5.94. The molecule has 116 valence electrons. The summed E-state index contributed by atoms with van der Waals surface area (Å²) in [7, 11) is 3.68. The summed E-state index contributed by atoms with van der Waals surface area (Å²) in [6.45, 7) is 6.68. The number of likely N-dealkylation sites (N-methyl/N-ethyl adjacent to an activating group) is 1. The third-order valence-corrected chi connectivity index (χ3v) is 4.15. The lowest BCUT2D eigenvalue weighted by atomic mass is 9.97. The van der Waals surface area contributed by atoms with Gasteiger partial charge in [0.1, 0.15) is 0 Å². The number of nitrogens with zero attached hydrogens (tertiary/aromatic N) is 3. The van der Waals surface area contributed by atoms with E-state index in [9.17, 15) is 4.79 Å². The third kappa shape index (κ3) is 3.80. The lowest BCUT2D eigenvalue weighted by Gasteiger charge is -2.32. The zero-order valence-corrected chi connectivity index (χ0v) is 13.4. The van der Waals surface area contributed by atoms with Gasteiger partial charge in [-0.25, -0.2) is 0 Å². The summed E-state index contributed by atoms with van der Waals surface area (Å²) in [6.07, 6.45) is 4.63. The number of methoxy groups -OCH3 is 1. The Morgan fingerprint density at radius 3 is 2.90 bits per heavy atom. The van der Waals surface area contributed by atoms with Gasteiger partial charge in [-0.05, 0) is 44.0 Å². The molecule has 0 bridgehead atoms. The Balaban J connectivity index is 2.06. The molecule has 1 amide bonds. The minimum absolute atomic E-state index is 0.189. The smallest absolute Gasteiger partial charge is 0.237 e. The van der Waals surface area contributed by atoms with Gasteiger partial charge in [0.25, 0.3) is 0 Å². The van der Waals surface area contributed by atoms with Crippen molar-refractivity contribution in [3.8, 4) is 0 Å². The molecule has 0 N–H and O–H groups in total. The number of fused-ring (bicyclic) bond motifs is 1. The van der Waals surface area contributed by atoms with Crippen LogP contribution >= 0.6 is 0 Å². The molecule has 1 aromatic rings. The Bertz CT molecular complexity index is 502. The van der Waals surface area contributed by atoms with Gasteiger partial charge in [-0.1, -0.05) is 0 Å². The Hall–Kier alpha value is -1.46. The van der Waals surface area contributed by atoms with Gasteiger partial charge in [-0.3, -0.25) is 14.7 Å². The van der Waals surface area contributed by atoms with Crippen LogP contribution in [0.15, 0.2) is 12.4 Å². The third-order valence-electron chi connectivity index (χ3n) is 4.15. The van der Waals surface area contributed by atoms with Crippen molar-refractivity contribution >= 4 is 5.91 Å². The summed E-state index contributed by atoms with van der Waals surface area (Å²) in [6, 6.07) is 0.376. The van der Waals surface area contributed by atoms with Gasteiger partial charge in [0.2, 0.25) is 5.91 Å². The van der Waals surface area contributed by atoms with Crippen molar-refractivity contribution in [1.29, 1.82) is 0 Å². The lowest BCUT2D eigenvalue weighted by Crippen LogP contribution is -2.43. The van der Waals surface area contributed by atoms with E-state index in [4.69, 9.17) is 4.74 Å². The van der Waals surface area contributed by atoms with Crippen LogP contribution in [0.5, 0.6) is 0 Å². The van der Waals surface area contributed by atoms with Gasteiger partial charge in [-0.15, -0.1) is 0 Å². The van der Waals surface area contributed by atoms with Crippen molar-refractivity contribution in [2.24, 2.45) is 0 Å². The molecule has 1 aliphatic rings. The number of ether oxygens (including phenoxy) is 1. The van der Waals surface area contributed by atoms with Gasteiger partial charge in [0.05, 0.1) is 13.2 Å². The summed E-state index contributed by atoms with van der Waals surface area (Å²) in [5.41, 5.74) is 3.59. The van der Waals surface area contributed by atoms with Gasteiger partial charge in [0, 0.05) is 38.6 Å². The van der Waals surface area contributed by atoms with E-state index in [1.54, 1.807) is 7.11 Å². The first kappa shape index (κ1) is 15.9. The van der Waals surface area contributed by atoms with Gasteiger partial charge in [0.15, 0.2) is 0 Å². The summed E-state index contributed by atoms with van der Waals surface area (Å²) >= 11 is 0. The first-order chi connectivity index (χ1) is 10.0. The number of hydrogen-bond acceptors (Lipinski definition) is 4. The van der Waals surface area contributed by atoms with Crippen molar-refractivity contribution in [3.63, 3.8) is 0 Å². The van der Waals surface area contributed by atoms with Crippen molar-refractivity contribution in [2.45, 2.75) is 39.5 Å². The highest BCUT2D eigenvalue weighted by Gasteiger charge is 2.23. The average Bonchev–Trinajstić information content (AvgIpc) is 2.47. The summed E-state index contributed by atoms with van der Waals surface area (Å²) in [5, 5.41) is 0. The predicted octanol–water partition coefficient (Wildman–Crippen LogP) is 1.45. The van der Waals surface area contributed by atoms with Gasteiger partial charge in [-0.2, -0.15) is 0 Å². The zero-order valence-electron chi connectivity index (χ0n) is 13.4. The Labute approximate surface area is 126 Å². The van der Waals surface area contributed by atoms with E-state index >= 15 is 0 Å². The molecule has 0 fully saturated rings. The number of aromatic nitrogens is 1. The predicted molar refractivity (Wildman–Crippen MR) is 81.8 cm³/mol. The summed E-state index contributed by atoms with van der Waals surface area (Å²) in [4.78, 5) is 20.6. The Morgan fingerprint density at radius 2 is 2.24 bits per heavy atom. The zero-order chi connectivity index (χ0) is 15.4. The molecule has 0 unspecified atom stereocenters. The van der Waals surface area contributed by atoms with Crippen LogP contribution in [0.25, 0.3) is 0 Å². The molecule has 0 saturated heterocycles. The Kier molecular flexibility index (Phi) is 5.31. The monoisotopic (exact) mass is 291 g/mol. The molecule has 0 spiro atoms. The maximum Gasteiger partial charge on any atom is 0.237 e. The highest BCUT2D eigenvalue weighted by molar-refractivity contribution is 5.78. The molecule has 0 aromatic carbocycles. The highest BCUT2D eigenvalue weighted by atomic mass is 16.5. The molecule has 2 rings (SSSR count). The molecule has 0 saturated carbocycles. The van der Waals surface area contributed by atoms with Crippen molar-refractivity contribution in [1.82, 2.24) is 14.8 Å². The topological polar surface area (TPSA) is 45.7 Å². The largest absolute Gasteiger partial charge is 0.380 e. The normalized spacial score (nSPS) is 14.7. The number of hydrogen-bond donors (Lipinski definition) is 0. The van der Waals surface area contributed by atoms with E-state index in [1.807, 2.05) is 24.3 Å². The molecule has 2 heterocycles. The average molecular weight is 291 g/mol. The molecule has 21 heavy (non-hydrogen) atoms. The molecule has 0 radical (unpaired) electrons. The molecule has 1 aromatic heterocycles. The van der Waals surface area contributed by atoms with Crippen LogP contribution in [0, 0.1) is 0 Å². The van der Waals surface area contributed by atoms with E-state index in [0.29, 0.717) is 25.7 Å². The van der Waals surface area contributed by atoms with Crippen molar-refractivity contribution in [3.05, 3.63) is 29.1 Å². The van der Waals surface area contributed by atoms with Crippen LogP contribution in [-0.2, 0) is 29.1 Å². The maximum absolute atomic E-state index is 12.4. The van der Waals surface area contributed by atoms with E-state index in [-0.39, 0.29) is 5.91 Å². The quantitative estimate of drug-likeness (QED) is 0.824. The number of pyridine rings is 1. The molecule has 0 atom stereocenters. The molecule has 1 aliphatic heterocycles. The standard InChI is InChI=1S/C16H25N3O2/c1-12(2)18(3)10-16(20)19-6-5-15-13(9-19)7-17-8-14(15)11-21-4/h7-8,12H,5-6,9-11H2,1-4H3. The minimum atomic E-state index is 0.189. The molecule has 5 heteroatoms. The van der Waals surface area contributed by atoms with Crippen LogP contribution in [-0.4, -0.2) is 54.0 Å². The first-order valence-electron chi connectivity index (χ1n) is 7.44. The van der Waals surface area contributed by atoms with Crippen LogP contribution in [0.3, 0.4) is 0 Å². The highest BCUT2D eigenvalue weighted by Crippen LogP contribution is 2.22. The molecular weight excluding hydrogens is 266 g/mol. The summed E-state index contributed by atoms with van der Waals surface area (Å²) in [5.74, 6) is 0.189. The van der Waals surface area contributed by atoms with Crippen LogP contribution < -0.4 is 0 Å². The number of carbonyl (C=O) groups excluding carboxylic acids is 1. The van der Waals surface area contributed by atoms with E-state index in [0.717, 1.165) is 24.1 Å². The first-order valence-corrected chi connectivity index (χ1v) is 7.44. The fourth-order valence-corrected chi connectivity index (χ4v) is 2.56. The maximum atomic E-state index is 12.4. The fourth-order valence-electron chi connectivity index (χ4n) is 2.56. The number of rotatable bonds is 5. The summed E-state index contributed by atoms with van der Waals surface area (Å²) < 4.78 is 5.22. The molecular formula is C16H25N3O2. The lowest BCUT2D eigenvalue weighted by molar-refractivity contribution is -0.133. The van der Waals surface area contributed by atoms with E-state index in [2.05, 4.69) is 23.7 Å². The van der Waals surface area contributed by atoms with Crippen molar-refractivity contribution < 1.29 is 9.53 Å². The van der Waals surface area contributed by atoms with Crippen molar-refractivity contribution in [2.75, 3.05) is 27.2 Å².